The molecule has 0 radical (unpaired) electrons. The first kappa shape index (κ1) is 22.2. The minimum absolute atomic E-state index is 0.00527. The minimum Gasteiger partial charge on any atom is -0.507 e. The van der Waals surface area contributed by atoms with Crippen LogP contribution in [0.1, 0.15) is 28.3 Å². The molecule has 7 heteroatoms. The molecule has 3 aromatic rings. The highest BCUT2D eigenvalue weighted by Crippen LogP contribution is 2.40. The van der Waals surface area contributed by atoms with Gasteiger partial charge in [0.25, 0.3) is 11.7 Å². The van der Waals surface area contributed by atoms with Gasteiger partial charge in [-0.05, 0) is 66.1 Å². The lowest BCUT2D eigenvalue weighted by Crippen LogP contribution is -2.29. The van der Waals surface area contributed by atoms with Gasteiger partial charge in [-0.3, -0.25) is 9.59 Å². The molecule has 1 aliphatic heterocycles. The summed E-state index contributed by atoms with van der Waals surface area (Å²) in [7, 11) is 1.53. The van der Waals surface area contributed by atoms with Gasteiger partial charge in [-0.25, -0.2) is 8.78 Å². The first-order valence-electron chi connectivity index (χ1n) is 10.2. The molecular formula is C26H21F2NO4. The van der Waals surface area contributed by atoms with Crippen molar-refractivity contribution < 1.29 is 28.2 Å². The number of likely N-dealkylation sites (tertiary alicyclic amines) is 1. The fourth-order valence-electron chi connectivity index (χ4n) is 4.00. The molecule has 1 amide bonds. The molecule has 1 atom stereocenters. The number of hydrogen-bond acceptors (Lipinski definition) is 4. The SMILES string of the molecule is COc1ccc(/C(O)=C2/C(=O)C(=O)N(Cc3ccc(F)cc3)C2c2ccc(F)cc2)cc1C. The molecule has 0 saturated carbocycles. The molecule has 1 aliphatic rings. The van der Waals surface area contributed by atoms with Crippen molar-refractivity contribution in [3.63, 3.8) is 0 Å². The van der Waals surface area contributed by atoms with E-state index in [1.165, 1.54) is 60.5 Å². The normalized spacial score (nSPS) is 17.5. The summed E-state index contributed by atoms with van der Waals surface area (Å²) in [4.78, 5) is 27.4. The number of Topliss-reactive ketones (excluding diaryl/α,β-unsaturated/α-hetero) is 1. The number of aliphatic hydroxyl groups is 1. The van der Waals surface area contributed by atoms with Crippen LogP contribution in [0, 0.1) is 18.6 Å². The molecule has 3 aromatic carbocycles. The second-order valence-electron chi connectivity index (χ2n) is 7.79. The molecule has 1 fully saturated rings. The number of hydrogen-bond donors (Lipinski definition) is 1. The van der Waals surface area contributed by atoms with Crippen molar-refractivity contribution in [1.29, 1.82) is 0 Å². The number of rotatable bonds is 5. The van der Waals surface area contributed by atoms with Crippen molar-refractivity contribution in [2.24, 2.45) is 0 Å². The van der Waals surface area contributed by atoms with Gasteiger partial charge < -0.3 is 14.7 Å². The fourth-order valence-corrected chi connectivity index (χ4v) is 4.00. The molecular weight excluding hydrogens is 428 g/mol. The molecule has 1 heterocycles. The Morgan fingerprint density at radius 3 is 2.15 bits per heavy atom. The summed E-state index contributed by atoms with van der Waals surface area (Å²) in [6.45, 7) is 1.80. The number of carbonyl (C=O) groups excluding carboxylic acids is 2. The molecule has 1 saturated heterocycles. The Morgan fingerprint density at radius 2 is 1.58 bits per heavy atom. The van der Waals surface area contributed by atoms with E-state index in [1.807, 2.05) is 0 Å². The van der Waals surface area contributed by atoms with Crippen LogP contribution in [-0.4, -0.2) is 28.8 Å². The molecule has 33 heavy (non-hydrogen) atoms. The smallest absolute Gasteiger partial charge is 0.295 e. The van der Waals surface area contributed by atoms with Crippen LogP contribution >= 0.6 is 0 Å². The molecule has 0 spiro atoms. The lowest BCUT2D eigenvalue weighted by atomic mass is 9.94. The van der Waals surface area contributed by atoms with Crippen LogP contribution < -0.4 is 4.74 Å². The van der Waals surface area contributed by atoms with Gasteiger partial charge in [-0.15, -0.1) is 0 Å². The molecule has 1 unspecified atom stereocenters. The average Bonchev–Trinajstić information content (AvgIpc) is 3.05. The summed E-state index contributed by atoms with van der Waals surface area (Å²) in [5.74, 6) is -2.28. The van der Waals surface area contributed by atoms with E-state index in [4.69, 9.17) is 4.74 Å². The number of halogens is 2. The second kappa shape index (κ2) is 8.86. The van der Waals surface area contributed by atoms with Crippen molar-refractivity contribution in [3.05, 3.63) is 106 Å². The number of ketones is 1. The molecule has 1 N–H and O–H groups in total. The topological polar surface area (TPSA) is 66.8 Å². The van der Waals surface area contributed by atoms with Gasteiger partial charge in [0, 0.05) is 12.1 Å². The lowest BCUT2D eigenvalue weighted by molar-refractivity contribution is -0.140. The number of amides is 1. The lowest BCUT2D eigenvalue weighted by Gasteiger charge is -2.25. The summed E-state index contributed by atoms with van der Waals surface area (Å²) < 4.78 is 32.2. The Labute approximate surface area is 189 Å². The Morgan fingerprint density at radius 1 is 0.970 bits per heavy atom. The van der Waals surface area contributed by atoms with Crippen LogP contribution in [0.2, 0.25) is 0 Å². The van der Waals surface area contributed by atoms with E-state index in [9.17, 15) is 23.5 Å². The summed E-state index contributed by atoms with van der Waals surface area (Å²) in [5, 5.41) is 11.1. The van der Waals surface area contributed by atoms with Crippen molar-refractivity contribution >= 4 is 17.4 Å². The number of nitrogens with zero attached hydrogens (tertiary/aromatic N) is 1. The third-order valence-electron chi connectivity index (χ3n) is 5.66. The first-order chi connectivity index (χ1) is 15.8. The maximum absolute atomic E-state index is 13.6. The number of carbonyl (C=O) groups is 2. The fraction of sp³-hybridized carbons (Fsp3) is 0.154. The maximum atomic E-state index is 13.6. The third kappa shape index (κ3) is 4.22. The first-order valence-corrected chi connectivity index (χ1v) is 10.2. The van der Waals surface area contributed by atoms with Crippen molar-refractivity contribution in [1.82, 2.24) is 4.90 Å². The quantitative estimate of drug-likeness (QED) is 0.342. The van der Waals surface area contributed by atoms with Crippen molar-refractivity contribution in [3.8, 4) is 5.75 Å². The Bertz CT molecular complexity index is 1250. The minimum atomic E-state index is -0.946. The highest BCUT2D eigenvalue weighted by Gasteiger charge is 2.46. The zero-order valence-electron chi connectivity index (χ0n) is 18.0. The van der Waals surface area contributed by atoms with Gasteiger partial charge >= 0.3 is 0 Å². The summed E-state index contributed by atoms with van der Waals surface area (Å²) in [6.07, 6.45) is 0. The molecule has 0 bridgehead atoms. The number of aryl methyl sites for hydroxylation is 1. The molecule has 168 valence electrons. The van der Waals surface area contributed by atoms with Gasteiger partial charge in [0.15, 0.2) is 0 Å². The van der Waals surface area contributed by atoms with Gasteiger partial charge in [0.05, 0.1) is 18.7 Å². The highest BCUT2D eigenvalue weighted by atomic mass is 19.1. The van der Waals surface area contributed by atoms with E-state index in [0.717, 1.165) is 5.56 Å². The van der Waals surface area contributed by atoms with Crippen LogP contribution in [0.25, 0.3) is 5.76 Å². The monoisotopic (exact) mass is 449 g/mol. The van der Waals surface area contributed by atoms with E-state index < -0.39 is 29.4 Å². The summed E-state index contributed by atoms with van der Waals surface area (Å²) >= 11 is 0. The van der Waals surface area contributed by atoms with E-state index in [-0.39, 0.29) is 17.9 Å². The second-order valence-corrected chi connectivity index (χ2v) is 7.79. The Hall–Kier alpha value is -4.00. The van der Waals surface area contributed by atoms with Gasteiger partial charge in [-0.1, -0.05) is 24.3 Å². The Kier molecular flexibility index (Phi) is 5.96. The average molecular weight is 449 g/mol. The number of benzene rings is 3. The van der Waals surface area contributed by atoms with E-state index in [2.05, 4.69) is 0 Å². The van der Waals surface area contributed by atoms with E-state index >= 15 is 0 Å². The number of aliphatic hydroxyl groups excluding tert-OH is 1. The van der Waals surface area contributed by atoms with Crippen LogP contribution in [0.15, 0.2) is 72.3 Å². The predicted molar refractivity (Wildman–Crippen MR) is 118 cm³/mol. The molecule has 4 rings (SSSR count). The van der Waals surface area contributed by atoms with Gasteiger partial charge in [-0.2, -0.15) is 0 Å². The Balaban J connectivity index is 1.85. The van der Waals surface area contributed by atoms with Crippen molar-refractivity contribution in [2.75, 3.05) is 7.11 Å². The molecule has 0 aromatic heterocycles. The van der Waals surface area contributed by atoms with Gasteiger partial charge in [0.1, 0.15) is 23.1 Å². The summed E-state index contributed by atoms with van der Waals surface area (Å²) in [5.41, 5.74) is 2.05. The number of ether oxygens (including phenoxy) is 1. The standard InChI is InChI=1S/C26H21F2NO4/c1-15-13-18(7-12-21(15)33-2)24(30)22-23(17-5-10-20(28)11-6-17)29(26(32)25(22)31)14-16-3-8-19(27)9-4-16/h3-13,23,30H,14H2,1-2H3/b24-22-. The third-order valence-corrected chi connectivity index (χ3v) is 5.66. The zero-order chi connectivity index (χ0) is 23.7. The number of methoxy groups -OCH3 is 1. The van der Waals surface area contributed by atoms with Crippen molar-refractivity contribution in [2.45, 2.75) is 19.5 Å². The predicted octanol–water partition coefficient (Wildman–Crippen LogP) is 4.90. The van der Waals surface area contributed by atoms with Crippen LogP contribution in [0.5, 0.6) is 5.75 Å². The maximum Gasteiger partial charge on any atom is 0.295 e. The van der Waals surface area contributed by atoms with Gasteiger partial charge in [0.2, 0.25) is 0 Å². The molecule has 0 aliphatic carbocycles. The molecule has 5 nitrogen and oxygen atoms in total. The summed E-state index contributed by atoms with van der Waals surface area (Å²) in [6, 6.07) is 14.9. The van der Waals surface area contributed by atoms with Crippen LogP contribution in [0.3, 0.4) is 0 Å². The van der Waals surface area contributed by atoms with Crippen LogP contribution in [-0.2, 0) is 16.1 Å². The van der Waals surface area contributed by atoms with Crippen LogP contribution in [0.4, 0.5) is 8.78 Å². The zero-order valence-corrected chi connectivity index (χ0v) is 18.0. The van der Waals surface area contributed by atoms with E-state index in [0.29, 0.717) is 22.4 Å². The highest BCUT2D eigenvalue weighted by molar-refractivity contribution is 6.46. The largest absolute Gasteiger partial charge is 0.507 e. The van der Waals surface area contributed by atoms with E-state index in [1.54, 1.807) is 25.1 Å².